The van der Waals surface area contributed by atoms with E-state index in [1.807, 2.05) is 43.5 Å². The van der Waals surface area contributed by atoms with Crippen LogP contribution in [0, 0.1) is 13.8 Å². The van der Waals surface area contributed by atoms with Gasteiger partial charge in [-0.2, -0.15) is 0 Å². The van der Waals surface area contributed by atoms with E-state index in [2.05, 4.69) is 52.6 Å². The van der Waals surface area contributed by atoms with Gasteiger partial charge in [0.15, 0.2) is 5.16 Å². The highest BCUT2D eigenvalue weighted by molar-refractivity contribution is 7.99. The zero-order valence-corrected chi connectivity index (χ0v) is 16.4. The molecule has 3 aromatic rings. The smallest absolute Gasteiger partial charge is 0.234 e. The van der Waals surface area contributed by atoms with Crippen molar-refractivity contribution in [1.82, 2.24) is 9.55 Å². The third-order valence-electron chi connectivity index (χ3n) is 4.15. The van der Waals surface area contributed by atoms with E-state index in [4.69, 9.17) is 0 Å². The van der Waals surface area contributed by atoms with Crippen LogP contribution in [0.4, 0.5) is 5.69 Å². The molecule has 138 valence electrons. The number of rotatable bonds is 7. The third-order valence-corrected chi connectivity index (χ3v) is 5.14. The van der Waals surface area contributed by atoms with Crippen LogP contribution in [0.1, 0.15) is 11.1 Å². The second-order valence-corrected chi connectivity index (χ2v) is 7.34. The second-order valence-electron chi connectivity index (χ2n) is 6.39. The second kappa shape index (κ2) is 8.73. The lowest BCUT2D eigenvalue weighted by Crippen LogP contribution is -2.14. The van der Waals surface area contributed by atoms with Crippen LogP contribution in [0.3, 0.4) is 0 Å². The van der Waals surface area contributed by atoms with Crippen molar-refractivity contribution in [2.75, 3.05) is 11.1 Å². The van der Waals surface area contributed by atoms with Gasteiger partial charge in [0.1, 0.15) is 0 Å². The molecule has 1 N–H and O–H groups in total. The van der Waals surface area contributed by atoms with Crippen molar-refractivity contribution in [1.29, 1.82) is 0 Å². The first-order chi connectivity index (χ1) is 13.1. The summed E-state index contributed by atoms with van der Waals surface area (Å²) in [5, 5.41) is 3.73. The maximum Gasteiger partial charge on any atom is 0.234 e. The van der Waals surface area contributed by atoms with Crippen molar-refractivity contribution in [3.8, 4) is 11.3 Å². The van der Waals surface area contributed by atoms with E-state index in [9.17, 15) is 4.79 Å². The summed E-state index contributed by atoms with van der Waals surface area (Å²) in [4.78, 5) is 16.8. The van der Waals surface area contributed by atoms with Crippen LogP contribution in [-0.4, -0.2) is 21.2 Å². The summed E-state index contributed by atoms with van der Waals surface area (Å²) in [7, 11) is 0. The van der Waals surface area contributed by atoms with Gasteiger partial charge < -0.3 is 9.88 Å². The first kappa shape index (κ1) is 19.0. The molecule has 0 atom stereocenters. The molecular formula is C22H23N3OS. The Morgan fingerprint density at radius 2 is 1.74 bits per heavy atom. The molecule has 3 rings (SSSR count). The standard InChI is InChI=1S/C22H23N3OS/c1-4-13-25-20(18-9-5-16(2)6-10-18)14-23-22(25)27-15-21(26)24-19-11-7-17(3)8-12-19/h4-12,14H,1,13,15H2,2-3H3,(H,24,26). The van der Waals surface area contributed by atoms with Crippen molar-refractivity contribution in [3.63, 3.8) is 0 Å². The average molecular weight is 378 g/mol. The van der Waals surface area contributed by atoms with Crippen LogP contribution < -0.4 is 5.32 Å². The van der Waals surface area contributed by atoms with Crippen LogP contribution in [0.25, 0.3) is 11.3 Å². The molecule has 4 nitrogen and oxygen atoms in total. The van der Waals surface area contributed by atoms with Gasteiger partial charge in [-0.15, -0.1) is 6.58 Å². The molecule has 5 heteroatoms. The lowest BCUT2D eigenvalue weighted by atomic mass is 10.1. The first-order valence-electron chi connectivity index (χ1n) is 8.79. The third kappa shape index (κ3) is 4.89. The predicted octanol–water partition coefficient (Wildman–Crippen LogP) is 5.08. The van der Waals surface area contributed by atoms with Crippen molar-refractivity contribution in [3.05, 3.63) is 78.5 Å². The van der Waals surface area contributed by atoms with Gasteiger partial charge in [-0.1, -0.05) is 65.4 Å². The lowest BCUT2D eigenvalue weighted by Gasteiger charge is -2.10. The molecule has 0 radical (unpaired) electrons. The van der Waals surface area contributed by atoms with E-state index >= 15 is 0 Å². The summed E-state index contributed by atoms with van der Waals surface area (Å²) in [5.74, 6) is 0.254. The number of amides is 1. The van der Waals surface area contributed by atoms with E-state index in [1.165, 1.54) is 17.3 Å². The number of hydrogen-bond acceptors (Lipinski definition) is 3. The van der Waals surface area contributed by atoms with Gasteiger partial charge in [0.05, 0.1) is 17.6 Å². The molecule has 0 unspecified atom stereocenters. The van der Waals surface area contributed by atoms with Crippen LogP contribution in [-0.2, 0) is 11.3 Å². The largest absolute Gasteiger partial charge is 0.325 e. The highest BCUT2D eigenvalue weighted by atomic mass is 32.2. The highest BCUT2D eigenvalue weighted by Crippen LogP contribution is 2.26. The summed E-state index contributed by atoms with van der Waals surface area (Å²) < 4.78 is 2.08. The molecule has 0 fully saturated rings. The Kier molecular flexibility index (Phi) is 6.14. The Morgan fingerprint density at radius 1 is 1.11 bits per heavy atom. The van der Waals surface area contributed by atoms with Crippen LogP contribution in [0.2, 0.25) is 0 Å². The molecule has 0 aliphatic heterocycles. The lowest BCUT2D eigenvalue weighted by molar-refractivity contribution is -0.113. The van der Waals surface area contributed by atoms with E-state index in [1.54, 1.807) is 0 Å². The van der Waals surface area contributed by atoms with E-state index in [-0.39, 0.29) is 5.91 Å². The Labute approximate surface area is 164 Å². The Bertz CT molecular complexity index is 927. The van der Waals surface area contributed by atoms with Crippen LogP contribution in [0.15, 0.2) is 72.5 Å². The molecule has 1 heterocycles. The van der Waals surface area contributed by atoms with E-state index < -0.39 is 0 Å². The van der Waals surface area contributed by atoms with Gasteiger partial charge in [0.25, 0.3) is 0 Å². The highest BCUT2D eigenvalue weighted by Gasteiger charge is 2.13. The first-order valence-corrected chi connectivity index (χ1v) is 9.78. The van der Waals surface area contributed by atoms with Gasteiger partial charge in [0.2, 0.25) is 5.91 Å². The number of nitrogens with zero attached hydrogens (tertiary/aromatic N) is 2. The average Bonchev–Trinajstić information content (AvgIpc) is 3.06. The van der Waals surface area contributed by atoms with Gasteiger partial charge in [-0.3, -0.25) is 4.79 Å². The minimum atomic E-state index is -0.0473. The Balaban J connectivity index is 1.70. The number of aryl methyl sites for hydroxylation is 2. The minimum absolute atomic E-state index is 0.0473. The quantitative estimate of drug-likeness (QED) is 0.461. The molecule has 0 saturated heterocycles. The summed E-state index contributed by atoms with van der Waals surface area (Å²) >= 11 is 1.43. The maximum atomic E-state index is 12.3. The minimum Gasteiger partial charge on any atom is -0.325 e. The number of aromatic nitrogens is 2. The summed E-state index contributed by atoms with van der Waals surface area (Å²) in [6.07, 6.45) is 3.70. The summed E-state index contributed by atoms with van der Waals surface area (Å²) in [6.45, 7) is 8.58. The normalized spacial score (nSPS) is 10.6. The fraction of sp³-hybridized carbons (Fsp3) is 0.182. The van der Waals surface area contributed by atoms with Gasteiger partial charge in [-0.05, 0) is 31.5 Å². The van der Waals surface area contributed by atoms with Crippen molar-refractivity contribution < 1.29 is 4.79 Å². The fourth-order valence-electron chi connectivity index (χ4n) is 2.70. The van der Waals surface area contributed by atoms with Crippen LogP contribution >= 0.6 is 11.8 Å². The number of nitrogens with one attached hydrogen (secondary N) is 1. The molecule has 0 bridgehead atoms. The number of anilines is 1. The monoisotopic (exact) mass is 377 g/mol. The molecule has 27 heavy (non-hydrogen) atoms. The number of allylic oxidation sites excluding steroid dienone is 1. The number of carbonyl (C=O) groups is 1. The molecule has 0 spiro atoms. The molecule has 0 aliphatic carbocycles. The Morgan fingerprint density at radius 3 is 2.37 bits per heavy atom. The number of hydrogen-bond donors (Lipinski definition) is 1. The van der Waals surface area contributed by atoms with Gasteiger partial charge in [0, 0.05) is 12.2 Å². The van der Waals surface area contributed by atoms with Crippen molar-refractivity contribution in [2.24, 2.45) is 0 Å². The molecule has 1 aromatic heterocycles. The molecule has 2 aromatic carbocycles. The summed E-state index contributed by atoms with van der Waals surface area (Å²) in [5.41, 5.74) is 5.32. The topological polar surface area (TPSA) is 46.9 Å². The van der Waals surface area contributed by atoms with Crippen molar-refractivity contribution >= 4 is 23.4 Å². The fourth-order valence-corrected chi connectivity index (χ4v) is 3.49. The summed E-state index contributed by atoms with van der Waals surface area (Å²) in [6, 6.07) is 16.1. The zero-order valence-electron chi connectivity index (χ0n) is 15.6. The molecule has 0 saturated carbocycles. The number of benzene rings is 2. The molecule has 1 amide bonds. The van der Waals surface area contributed by atoms with Crippen LogP contribution in [0.5, 0.6) is 0 Å². The number of thioether (sulfide) groups is 1. The maximum absolute atomic E-state index is 12.3. The predicted molar refractivity (Wildman–Crippen MR) is 113 cm³/mol. The zero-order chi connectivity index (χ0) is 19.2. The van der Waals surface area contributed by atoms with E-state index in [0.29, 0.717) is 12.3 Å². The number of imidazole rings is 1. The van der Waals surface area contributed by atoms with E-state index in [0.717, 1.165) is 27.7 Å². The molecular weight excluding hydrogens is 354 g/mol. The van der Waals surface area contributed by atoms with Crippen molar-refractivity contribution in [2.45, 2.75) is 25.5 Å². The van der Waals surface area contributed by atoms with Gasteiger partial charge >= 0.3 is 0 Å². The molecule has 0 aliphatic rings. The number of carbonyl (C=O) groups excluding carboxylic acids is 1. The SMILES string of the molecule is C=CCn1c(-c2ccc(C)cc2)cnc1SCC(=O)Nc1ccc(C)cc1. The van der Waals surface area contributed by atoms with Gasteiger partial charge in [-0.25, -0.2) is 4.98 Å². The Hall–Kier alpha value is -2.79.